The first-order valence-electron chi connectivity index (χ1n) is 12.9. The summed E-state index contributed by atoms with van der Waals surface area (Å²) >= 11 is 0.626. The number of carboxylic acids is 1. The number of pyridine rings is 2. The molecule has 0 aliphatic carbocycles. The van der Waals surface area contributed by atoms with Gasteiger partial charge in [0, 0.05) is 46.4 Å². The van der Waals surface area contributed by atoms with Gasteiger partial charge in [-0.25, -0.2) is 23.9 Å². The van der Waals surface area contributed by atoms with E-state index in [0.29, 0.717) is 11.3 Å². The minimum atomic E-state index is -4.76. The lowest BCUT2D eigenvalue weighted by molar-refractivity contribution is -0.140. The minimum absolute atomic E-state index is 0.00265. The van der Waals surface area contributed by atoms with Crippen LogP contribution >= 0.6 is 11.3 Å². The van der Waals surface area contributed by atoms with E-state index >= 15 is 4.39 Å². The molecule has 0 unspecified atom stereocenters. The number of aromatic carboxylic acids is 1. The van der Waals surface area contributed by atoms with Gasteiger partial charge in [0.2, 0.25) is 5.43 Å². The SMILES string of the molecule is CCNC(=O)Nc1cc(-c2nc(C(F)(F)F)cs2)c(-c2cc3c(=O)c(C(=O)O)cn([C@H](CO)C(C)(C)C)c3cc2F)cn1. The Bertz CT molecular complexity index is 1780. The summed E-state index contributed by atoms with van der Waals surface area (Å²) in [6.07, 6.45) is -2.59. The molecule has 0 saturated heterocycles. The Morgan fingerprint density at radius 3 is 2.37 bits per heavy atom. The maximum Gasteiger partial charge on any atom is 0.434 e. The highest BCUT2D eigenvalue weighted by Gasteiger charge is 2.34. The van der Waals surface area contributed by atoms with Crippen LogP contribution in [0.3, 0.4) is 0 Å². The van der Waals surface area contributed by atoms with Gasteiger partial charge in [-0.1, -0.05) is 20.8 Å². The first kappa shape index (κ1) is 31.6. The summed E-state index contributed by atoms with van der Waals surface area (Å²) in [7, 11) is 0. The van der Waals surface area contributed by atoms with Crippen molar-refractivity contribution in [2.24, 2.45) is 5.41 Å². The van der Waals surface area contributed by atoms with E-state index in [1.165, 1.54) is 10.6 Å². The first-order chi connectivity index (χ1) is 20.1. The fraction of sp³-hybridized carbons (Fsp3) is 0.321. The van der Waals surface area contributed by atoms with Gasteiger partial charge in [-0.05, 0) is 30.5 Å². The summed E-state index contributed by atoms with van der Waals surface area (Å²) in [6.45, 7) is 6.83. The second-order valence-corrected chi connectivity index (χ2v) is 11.5. The molecular formula is C28H27F4N5O5S. The minimum Gasteiger partial charge on any atom is -0.477 e. The van der Waals surface area contributed by atoms with E-state index in [1.54, 1.807) is 27.7 Å². The molecule has 3 heterocycles. The number of urea groups is 1. The van der Waals surface area contributed by atoms with Crippen molar-refractivity contribution in [3.63, 3.8) is 0 Å². The summed E-state index contributed by atoms with van der Waals surface area (Å²) in [5, 5.41) is 25.2. The van der Waals surface area contributed by atoms with E-state index in [2.05, 4.69) is 20.6 Å². The van der Waals surface area contributed by atoms with Crippen molar-refractivity contribution in [2.45, 2.75) is 39.9 Å². The van der Waals surface area contributed by atoms with E-state index in [0.717, 1.165) is 29.9 Å². The number of hydrogen-bond acceptors (Lipinski definition) is 7. The molecular weight excluding hydrogens is 594 g/mol. The Hall–Kier alpha value is -4.37. The normalized spacial score (nSPS) is 12.8. The third kappa shape index (κ3) is 6.37. The predicted octanol–water partition coefficient (Wildman–Crippen LogP) is 5.76. The Labute approximate surface area is 246 Å². The standard InChI is InChI=1S/C28H27F4N5O5S/c1-5-33-26(42)36-22-7-14(24-35-20(12-43-24)28(30,31)32)16(9-34-22)13-6-15-19(8-18(13)29)37(21(11-38)27(2,3)4)10-17(23(15)39)25(40)41/h6-10,12,21,38H,5,11H2,1-4H3,(H,40,41)(H2,33,34,36,42)/t21-/m1/s1. The molecule has 0 fully saturated rings. The van der Waals surface area contributed by atoms with Crippen LogP contribution in [0.15, 0.2) is 40.8 Å². The molecule has 4 rings (SSSR count). The average Bonchev–Trinajstić information content (AvgIpc) is 3.41. The van der Waals surface area contributed by atoms with Gasteiger partial charge in [0.1, 0.15) is 22.2 Å². The second-order valence-electron chi connectivity index (χ2n) is 10.6. The Morgan fingerprint density at radius 2 is 1.81 bits per heavy atom. The van der Waals surface area contributed by atoms with Gasteiger partial charge < -0.3 is 20.1 Å². The lowest BCUT2D eigenvalue weighted by Crippen LogP contribution is -2.30. The largest absolute Gasteiger partial charge is 0.477 e. The molecule has 1 aromatic carbocycles. The lowest BCUT2D eigenvalue weighted by Gasteiger charge is -2.33. The molecule has 43 heavy (non-hydrogen) atoms. The Balaban J connectivity index is 2.03. The number of nitrogens with zero attached hydrogens (tertiary/aromatic N) is 3. The van der Waals surface area contributed by atoms with Crippen molar-refractivity contribution in [1.29, 1.82) is 0 Å². The Morgan fingerprint density at radius 1 is 1.12 bits per heavy atom. The van der Waals surface area contributed by atoms with E-state index in [9.17, 15) is 37.8 Å². The van der Waals surface area contributed by atoms with Crippen LogP contribution in [0.5, 0.6) is 0 Å². The molecule has 0 spiro atoms. The number of aliphatic hydroxyl groups is 1. The van der Waals surface area contributed by atoms with Crippen LogP contribution in [0.25, 0.3) is 32.6 Å². The van der Waals surface area contributed by atoms with Crippen LogP contribution in [0.1, 0.15) is 49.8 Å². The monoisotopic (exact) mass is 621 g/mol. The van der Waals surface area contributed by atoms with Gasteiger partial charge in [0.05, 0.1) is 18.2 Å². The van der Waals surface area contributed by atoms with E-state index in [-0.39, 0.29) is 45.0 Å². The van der Waals surface area contributed by atoms with Crippen molar-refractivity contribution in [3.8, 4) is 21.7 Å². The molecule has 10 nitrogen and oxygen atoms in total. The van der Waals surface area contributed by atoms with Crippen LogP contribution in [0.2, 0.25) is 0 Å². The zero-order chi connectivity index (χ0) is 31.9. The third-order valence-electron chi connectivity index (χ3n) is 6.66. The topological polar surface area (TPSA) is 146 Å². The average molecular weight is 622 g/mol. The molecule has 1 atom stereocenters. The van der Waals surface area contributed by atoms with E-state index in [1.807, 2.05) is 0 Å². The van der Waals surface area contributed by atoms with Crippen LogP contribution < -0.4 is 16.1 Å². The molecule has 15 heteroatoms. The van der Waals surface area contributed by atoms with E-state index < -0.39 is 58.7 Å². The molecule has 0 aliphatic heterocycles. The zero-order valence-corrected chi connectivity index (χ0v) is 24.2. The molecule has 0 aliphatic rings. The van der Waals surface area contributed by atoms with Crippen molar-refractivity contribution in [3.05, 3.63) is 63.3 Å². The van der Waals surface area contributed by atoms with Crippen LogP contribution in [-0.4, -0.2) is 49.9 Å². The highest BCUT2D eigenvalue weighted by Crippen LogP contribution is 2.40. The number of amides is 2. The highest BCUT2D eigenvalue weighted by molar-refractivity contribution is 7.13. The number of fused-ring (bicyclic) bond motifs is 1. The van der Waals surface area contributed by atoms with Crippen molar-refractivity contribution in [2.75, 3.05) is 18.5 Å². The van der Waals surface area contributed by atoms with Gasteiger partial charge in [0.25, 0.3) is 0 Å². The maximum absolute atomic E-state index is 15.9. The number of nitrogens with one attached hydrogen (secondary N) is 2. The highest BCUT2D eigenvalue weighted by atomic mass is 32.1. The van der Waals surface area contributed by atoms with Gasteiger partial charge in [-0.2, -0.15) is 13.2 Å². The molecule has 0 saturated carbocycles. The number of carbonyl (C=O) groups is 2. The number of carbonyl (C=O) groups excluding carboxylic acids is 1. The molecule has 0 bridgehead atoms. The van der Waals surface area contributed by atoms with Crippen molar-refractivity contribution in [1.82, 2.24) is 19.9 Å². The number of anilines is 1. The predicted molar refractivity (Wildman–Crippen MR) is 153 cm³/mol. The first-order valence-corrected chi connectivity index (χ1v) is 13.8. The number of hydrogen-bond donors (Lipinski definition) is 4. The maximum atomic E-state index is 15.9. The molecule has 4 aromatic rings. The van der Waals surface area contributed by atoms with Crippen LogP contribution in [0.4, 0.5) is 28.2 Å². The fourth-order valence-corrected chi connectivity index (χ4v) is 5.39. The molecule has 228 valence electrons. The van der Waals surface area contributed by atoms with Gasteiger partial charge in [0.15, 0.2) is 5.69 Å². The Kier molecular flexibility index (Phi) is 8.60. The van der Waals surface area contributed by atoms with Gasteiger partial charge in [-0.3, -0.25) is 10.1 Å². The van der Waals surface area contributed by atoms with Crippen molar-refractivity contribution < 1.29 is 37.4 Å². The number of aromatic nitrogens is 3. The smallest absolute Gasteiger partial charge is 0.434 e. The lowest BCUT2D eigenvalue weighted by atomic mass is 9.86. The van der Waals surface area contributed by atoms with Crippen LogP contribution in [-0.2, 0) is 6.18 Å². The number of aliphatic hydroxyl groups excluding tert-OH is 1. The quantitative estimate of drug-likeness (QED) is 0.192. The van der Waals surface area contributed by atoms with Gasteiger partial charge in [-0.15, -0.1) is 11.3 Å². The number of alkyl halides is 3. The van der Waals surface area contributed by atoms with Crippen LogP contribution in [0, 0.1) is 11.2 Å². The van der Waals surface area contributed by atoms with Gasteiger partial charge >= 0.3 is 18.2 Å². The number of benzene rings is 1. The number of carboxylic acid groups (broad SMARTS) is 1. The van der Waals surface area contributed by atoms with E-state index in [4.69, 9.17) is 0 Å². The summed E-state index contributed by atoms with van der Waals surface area (Å²) in [5.74, 6) is -2.52. The number of rotatable bonds is 7. The number of thiazole rings is 1. The second kappa shape index (κ2) is 11.7. The summed E-state index contributed by atoms with van der Waals surface area (Å²) < 4.78 is 57.4. The third-order valence-corrected chi connectivity index (χ3v) is 7.53. The zero-order valence-electron chi connectivity index (χ0n) is 23.3. The summed E-state index contributed by atoms with van der Waals surface area (Å²) in [6, 6.07) is 1.93. The van der Waals surface area contributed by atoms with Crippen molar-refractivity contribution >= 4 is 40.1 Å². The molecule has 2 amide bonds. The molecule has 3 aromatic heterocycles. The summed E-state index contributed by atoms with van der Waals surface area (Å²) in [4.78, 5) is 45.1. The molecule has 4 N–H and O–H groups in total. The molecule has 0 radical (unpaired) electrons. The number of halogens is 4. The fourth-order valence-electron chi connectivity index (χ4n) is 4.53. The summed E-state index contributed by atoms with van der Waals surface area (Å²) in [5.41, 5.74) is -3.74.